The Balaban J connectivity index is 1.53. The van der Waals surface area contributed by atoms with Crippen LogP contribution in [-0.4, -0.2) is 34.4 Å². The fraction of sp³-hybridized carbons (Fsp3) is 0.500. The van der Waals surface area contributed by atoms with Crippen molar-refractivity contribution in [2.45, 2.75) is 51.7 Å². The van der Waals surface area contributed by atoms with Crippen LogP contribution in [0.1, 0.15) is 38.8 Å². The summed E-state index contributed by atoms with van der Waals surface area (Å²) in [6.45, 7) is 5.06. The third-order valence-electron chi connectivity index (χ3n) is 4.54. The van der Waals surface area contributed by atoms with E-state index in [1.165, 1.54) is 12.1 Å². The zero-order valence-corrected chi connectivity index (χ0v) is 15.3. The van der Waals surface area contributed by atoms with Crippen molar-refractivity contribution in [3.05, 3.63) is 48.0 Å². The monoisotopic (exact) mass is 359 g/mol. The van der Waals surface area contributed by atoms with E-state index >= 15 is 0 Å². The average molecular weight is 359 g/mol. The van der Waals surface area contributed by atoms with Crippen molar-refractivity contribution in [1.29, 1.82) is 0 Å². The normalized spacial score (nSPS) is 20.3. The van der Waals surface area contributed by atoms with Crippen LogP contribution >= 0.6 is 0 Å². The van der Waals surface area contributed by atoms with E-state index in [0.717, 1.165) is 24.9 Å². The van der Waals surface area contributed by atoms with Gasteiger partial charge in [-0.05, 0) is 55.5 Å². The first kappa shape index (κ1) is 18.6. The number of carbonyl (C=O) groups excluding carboxylic acids is 1. The molecule has 1 aliphatic rings. The molecule has 0 saturated carbocycles. The maximum absolute atomic E-state index is 13.0. The van der Waals surface area contributed by atoms with Gasteiger partial charge in [0, 0.05) is 18.8 Å². The number of rotatable bonds is 6. The zero-order valence-electron chi connectivity index (χ0n) is 15.3. The molecule has 1 aliphatic heterocycles. The summed E-state index contributed by atoms with van der Waals surface area (Å²) in [6, 6.07) is 8.07. The van der Waals surface area contributed by atoms with Crippen LogP contribution in [0.2, 0.25) is 0 Å². The lowest BCUT2D eigenvalue weighted by Gasteiger charge is -2.31. The topological polar surface area (TPSA) is 56.2 Å². The molecule has 2 atom stereocenters. The van der Waals surface area contributed by atoms with Crippen LogP contribution in [0, 0.1) is 11.7 Å². The third-order valence-corrected chi connectivity index (χ3v) is 4.54. The summed E-state index contributed by atoms with van der Waals surface area (Å²) in [4.78, 5) is 12.3. The molecule has 6 heteroatoms. The number of benzene rings is 1. The minimum Gasteiger partial charge on any atom is -0.378 e. The lowest BCUT2D eigenvalue weighted by atomic mass is 9.96. The summed E-state index contributed by atoms with van der Waals surface area (Å²) < 4.78 is 20.4. The largest absolute Gasteiger partial charge is 0.378 e. The molecule has 1 aromatic carbocycles. The van der Waals surface area contributed by atoms with Gasteiger partial charge in [-0.3, -0.25) is 4.79 Å². The lowest BCUT2D eigenvalue weighted by molar-refractivity contribution is -0.122. The lowest BCUT2D eigenvalue weighted by Crippen LogP contribution is -2.43. The number of aromatic nitrogens is 2. The fourth-order valence-electron chi connectivity index (χ4n) is 3.34. The van der Waals surface area contributed by atoms with Crippen molar-refractivity contribution in [3.63, 3.8) is 0 Å². The number of amides is 1. The van der Waals surface area contributed by atoms with Gasteiger partial charge in [-0.25, -0.2) is 9.07 Å². The van der Waals surface area contributed by atoms with Gasteiger partial charge in [0.25, 0.3) is 0 Å². The van der Waals surface area contributed by atoms with E-state index < -0.39 is 0 Å². The van der Waals surface area contributed by atoms with Gasteiger partial charge >= 0.3 is 0 Å². The highest BCUT2D eigenvalue weighted by Gasteiger charge is 2.24. The van der Waals surface area contributed by atoms with Gasteiger partial charge in [-0.15, -0.1) is 0 Å². The molecule has 5 nitrogen and oxygen atoms in total. The summed E-state index contributed by atoms with van der Waals surface area (Å²) in [6.07, 6.45) is 4.99. The first-order valence-electron chi connectivity index (χ1n) is 9.21. The Bertz CT molecular complexity index is 727. The maximum atomic E-state index is 13.0. The van der Waals surface area contributed by atoms with Crippen molar-refractivity contribution in [2.75, 3.05) is 6.61 Å². The summed E-state index contributed by atoms with van der Waals surface area (Å²) >= 11 is 0. The SMILES string of the molecule is CC(C)C[C@H]1C[C@@H](NC(=O)Cc2ccn(-c3ccc(F)cc3)n2)CCO1. The number of hydrogen-bond acceptors (Lipinski definition) is 3. The molecule has 0 unspecified atom stereocenters. The number of ether oxygens (including phenoxy) is 1. The molecule has 1 N–H and O–H groups in total. The Morgan fingerprint density at radius 2 is 2.12 bits per heavy atom. The molecule has 0 aliphatic carbocycles. The number of carbonyl (C=O) groups is 1. The summed E-state index contributed by atoms with van der Waals surface area (Å²) in [5, 5.41) is 7.52. The zero-order chi connectivity index (χ0) is 18.5. The van der Waals surface area contributed by atoms with Gasteiger partial charge in [0.2, 0.25) is 5.91 Å². The second-order valence-electron chi connectivity index (χ2n) is 7.32. The predicted octanol–water partition coefficient (Wildman–Crippen LogP) is 3.26. The number of hydrogen-bond donors (Lipinski definition) is 1. The van der Waals surface area contributed by atoms with Crippen LogP contribution in [0.25, 0.3) is 5.69 Å². The molecule has 26 heavy (non-hydrogen) atoms. The number of halogens is 1. The van der Waals surface area contributed by atoms with Gasteiger partial charge in [0.15, 0.2) is 0 Å². The van der Waals surface area contributed by atoms with Gasteiger partial charge in [-0.1, -0.05) is 13.8 Å². The molecular formula is C20H26FN3O2. The van der Waals surface area contributed by atoms with Crippen LogP contribution < -0.4 is 5.32 Å². The second kappa shape index (κ2) is 8.45. The Kier molecular flexibility index (Phi) is 6.04. The van der Waals surface area contributed by atoms with Crippen molar-refractivity contribution >= 4 is 5.91 Å². The van der Waals surface area contributed by atoms with E-state index in [9.17, 15) is 9.18 Å². The Labute approximate surface area is 153 Å². The van der Waals surface area contributed by atoms with Crippen LogP contribution in [0.15, 0.2) is 36.5 Å². The second-order valence-corrected chi connectivity index (χ2v) is 7.32. The van der Waals surface area contributed by atoms with Crippen LogP contribution in [0.4, 0.5) is 4.39 Å². The fourth-order valence-corrected chi connectivity index (χ4v) is 3.34. The summed E-state index contributed by atoms with van der Waals surface area (Å²) in [7, 11) is 0. The number of nitrogens with zero attached hydrogens (tertiary/aromatic N) is 2. The highest BCUT2D eigenvalue weighted by Crippen LogP contribution is 2.20. The molecule has 0 radical (unpaired) electrons. The van der Waals surface area contributed by atoms with Gasteiger partial charge in [-0.2, -0.15) is 5.10 Å². The van der Waals surface area contributed by atoms with E-state index in [1.807, 2.05) is 6.07 Å². The minimum absolute atomic E-state index is 0.0236. The molecule has 1 aromatic heterocycles. The van der Waals surface area contributed by atoms with Crippen molar-refractivity contribution in [1.82, 2.24) is 15.1 Å². The van der Waals surface area contributed by atoms with E-state index in [-0.39, 0.29) is 30.3 Å². The quantitative estimate of drug-likeness (QED) is 0.861. The Hall–Kier alpha value is -2.21. The highest BCUT2D eigenvalue weighted by atomic mass is 19.1. The van der Waals surface area contributed by atoms with Gasteiger partial charge < -0.3 is 10.1 Å². The molecule has 1 amide bonds. The maximum Gasteiger partial charge on any atom is 0.226 e. The highest BCUT2D eigenvalue weighted by molar-refractivity contribution is 5.78. The first-order valence-corrected chi connectivity index (χ1v) is 9.21. The van der Waals surface area contributed by atoms with E-state index in [4.69, 9.17) is 4.74 Å². The predicted molar refractivity (Wildman–Crippen MR) is 97.6 cm³/mol. The number of nitrogens with one attached hydrogen (secondary N) is 1. The van der Waals surface area contributed by atoms with Crippen LogP contribution in [-0.2, 0) is 16.0 Å². The standard InChI is InChI=1S/C20H26FN3O2/c1-14(2)11-19-12-16(8-10-26-19)22-20(25)13-17-7-9-24(23-17)18-5-3-15(21)4-6-18/h3-7,9,14,16,19H,8,10-13H2,1-2H3,(H,22,25)/t16-,19-/m0/s1. The molecule has 2 aromatic rings. The van der Waals surface area contributed by atoms with Gasteiger partial charge in [0.05, 0.1) is 23.9 Å². The van der Waals surface area contributed by atoms with Crippen LogP contribution in [0.5, 0.6) is 0 Å². The molecule has 3 rings (SSSR count). The molecule has 140 valence electrons. The van der Waals surface area contributed by atoms with Crippen molar-refractivity contribution in [3.8, 4) is 5.69 Å². The third kappa shape index (κ3) is 5.14. The smallest absolute Gasteiger partial charge is 0.226 e. The molecule has 0 bridgehead atoms. The molecular weight excluding hydrogens is 333 g/mol. The van der Waals surface area contributed by atoms with E-state index in [0.29, 0.717) is 18.2 Å². The van der Waals surface area contributed by atoms with Crippen molar-refractivity contribution in [2.24, 2.45) is 5.92 Å². The average Bonchev–Trinajstić information content (AvgIpc) is 3.03. The first-order chi connectivity index (χ1) is 12.5. The van der Waals surface area contributed by atoms with Crippen molar-refractivity contribution < 1.29 is 13.9 Å². The Morgan fingerprint density at radius 3 is 2.85 bits per heavy atom. The molecule has 1 saturated heterocycles. The molecule has 0 spiro atoms. The Morgan fingerprint density at radius 1 is 1.35 bits per heavy atom. The van der Waals surface area contributed by atoms with Gasteiger partial charge in [0.1, 0.15) is 5.82 Å². The van der Waals surface area contributed by atoms with E-state index in [1.54, 1.807) is 23.0 Å². The molecule has 1 fully saturated rings. The minimum atomic E-state index is -0.285. The molecule has 2 heterocycles. The van der Waals surface area contributed by atoms with Crippen LogP contribution in [0.3, 0.4) is 0 Å². The summed E-state index contributed by atoms with van der Waals surface area (Å²) in [5.74, 6) is 0.280. The summed E-state index contributed by atoms with van der Waals surface area (Å²) in [5.41, 5.74) is 1.46. The van der Waals surface area contributed by atoms with E-state index in [2.05, 4.69) is 24.3 Å².